The number of phenolic OH excluding ortho intramolecular Hbond substituents is 1. The normalized spacial score (nSPS) is 12.2. The minimum absolute atomic E-state index is 0.176. The van der Waals surface area contributed by atoms with Gasteiger partial charge < -0.3 is 9.84 Å². The van der Waals surface area contributed by atoms with Crippen molar-refractivity contribution in [3.63, 3.8) is 0 Å². The molecule has 3 aromatic rings. The number of aromatic hydroxyl groups is 1. The average molecular weight is 337 g/mol. The van der Waals surface area contributed by atoms with Crippen molar-refractivity contribution in [3.8, 4) is 17.2 Å². The first-order chi connectivity index (χ1) is 11.8. The summed E-state index contributed by atoms with van der Waals surface area (Å²) in [6.07, 6.45) is 3.44. The van der Waals surface area contributed by atoms with Crippen LogP contribution in [0.3, 0.4) is 0 Å². The second kappa shape index (κ2) is 6.24. The van der Waals surface area contributed by atoms with Gasteiger partial charge in [-0.15, -0.1) is 15.0 Å². The van der Waals surface area contributed by atoms with Crippen LogP contribution in [0, 0.1) is 6.92 Å². The fourth-order valence-electron chi connectivity index (χ4n) is 2.71. The van der Waals surface area contributed by atoms with Crippen LogP contribution in [0.25, 0.3) is 16.7 Å². The Morgan fingerprint density at radius 2 is 1.80 bits per heavy atom. The number of hydrogen-bond donors (Lipinski definition) is 1. The van der Waals surface area contributed by atoms with Gasteiger partial charge in [0.05, 0.1) is 6.26 Å². The minimum Gasteiger partial charge on any atom is -0.505 e. The number of ether oxygens (including phenoxy) is 1. The Morgan fingerprint density at radius 3 is 2.48 bits per heavy atom. The quantitative estimate of drug-likeness (QED) is 0.707. The zero-order valence-electron chi connectivity index (χ0n) is 15.2. The molecule has 25 heavy (non-hydrogen) atoms. The van der Waals surface area contributed by atoms with Crippen molar-refractivity contribution in [1.82, 2.24) is 15.0 Å². The molecule has 0 atom stereocenters. The Balaban J connectivity index is 2.12. The topological polar surface area (TPSA) is 60.2 Å². The highest BCUT2D eigenvalue weighted by molar-refractivity contribution is 5.76. The third-order valence-electron chi connectivity index (χ3n) is 3.95. The molecule has 130 valence electrons. The van der Waals surface area contributed by atoms with Gasteiger partial charge in [0.2, 0.25) is 0 Å². The third kappa shape index (κ3) is 3.36. The van der Waals surface area contributed by atoms with Crippen LogP contribution >= 0.6 is 0 Å². The Hall–Kier alpha value is -2.82. The van der Waals surface area contributed by atoms with Crippen molar-refractivity contribution in [2.24, 2.45) is 0 Å². The van der Waals surface area contributed by atoms with E-state index in [4.69, 9.17) is 4.74 Å². The molecule has 1 N–H and O–H groups in total. The van der Waals surface area contributed by atoms with Gasteiger partial charge in [0.1, 0.15) is 28.2 Å². The first-order valence-corrected chi connectivity index (χ1v) is 8.29. The van der Waals surface area contributed by atoms with Crippen molar-refractivity contribution < 1.29 is 9.84 Å². The van der Waals surface area contributed by atoms with E-state index in [1.54, 1.807) is 6.26 Å². The molecular formula is C20H23N3O2. The maximum Gasteiger partial charge on any atom is 0.146 e. The van der Waals surface area contributed by atoms with Gasteiger partial charge in [-0.3, -0.25) is 0 Å². The van der Waals surface area contributed by atoms with Crippen LogP contribution in [0.1, 0.15) is 38.8 Å². The molecule has 0 spiro atoms. The molecule has 3 rings (SSSR count). The summed E-state index contributed by atoms with van der Waals surface area (Å²) >= 11 is 0. The second-order valence-corrected chi connectivity index (χ2v) is 7.16. The molecule has 2 aromatic carbocycles. The molecule has 0 amide bonds. The zero-order valence-corrected chi connectivity index (χ0v) is 15.2. The standard InChI is InChI=1S/C20H23N3O2/c1-6-9-25-14-7-8-16-17(12-14)22-23(21-16)18-11-13(2)10-15(19(18)24)20(3,4)5/h6-12,24H,1-5H3. The third-order valence-corrected chi connectivity index (χ3v) is 3.95. The van der Waals surface area contributed by atoms with Crippen molar-refractivity contribution in [1.29, 1.82) is 0 Å². The van der Waals surface area contributed by atoms with E-state index in [9.17, 15) is 5.11 Å². The summed E-state index contributed by atoms with van der Waals surface area (Å²) in [6, 6.07) is 9.43. The summed E-state index contributed by atoms with van der Waals surface area (Å²) in [7, 11) is 0. The maximum atomic E-state index is 10.8. The fraction of sp³-hybridized carbons (Fsp3) is 0.300. The molecule has 1 heterocycles. The van der Waals surface area contributed by atoms with E-state index in [-0.39, 0.29) is 11.2 Å². The van der Waals surface area contributed by atoms with Crippen LogP contribution in [-0.2, 0) is 5.41 Å². The van der Waals surface area contributed by atoms with Crippen LogP contribution < -0.4 is 4.74 Å². The molecular weight excluding hydrogens is 314 g/mol. The Labute approximate surface area is 147 Å². The Bertz CT molecular complexity index is 949. The number of aromatic nitrogens is 3. The lowest BCUT2D eigenvalue weighted by atomic mass is 9.85. The van der Waals surface area contributed by atoms with E-state index in [2.05, 4.69) is 31.0 Å². The molecule has 0 radical (unpaired) electrons. The SMILES string of the molecule is CC=COc1ccc2nn(-c3cc(C)cc(C(C)(C)C)c3O)nc2c1. The van der Waals surface area contributed by atoms with Crippen molar-refractivity contribution in [2.75, 3.05) is 0 Å². The van der Waals surface area contributed by atoms with Crippen LogP contribution in [0.15, 0.2) is 42.7 Å². The first-order valence-electron chi connectivity index (χ1n) is 8.29. The predicted molar refractivity (Wildman–Crippen MR) is 99.4 cm³/mol. The predicted octanol–water partition coefficient (Wildman–Crippen LogP) is 4.64. The molecule has 0 saturated carbocycles. The highest BCUT2D eigenvalue weighted by Gasteiger charge is 2.22. The summed E-state index contributed by atoms with van der Waals surface area (Å²) in [6.45, 7) is 10.1. The van der Waals surface area contributed by atoms with E-state index >= 15 is 0 Å². The van der Waals surface area contributed by atoms with Crippen molar-refractivity contribution >= 4 is 11.0 Å². The molecule has 5 heteroatoms. The van der Waals surface area contributed by atoms with Gasteiger partial charge in [-0.2, -0.15) is 0 Å². The van der Waals surface area contributed by atoms with Gasteiger partial charge in [-0.05, 0) is 43.0 Å². The molecule has 0 unspecified atom stereocenters. The lowest BCUT2D eigenvalue weighted by Gasteiger charge is -2.22. The number of allylic oxidation sites excluding steroid dienone is 1. The number of fused-ring (bicyclic) bond motifs is 1. The van der Waals surface area contributed by atoms with Crippen LogP contribution in [0.4, 0.5) is 0 Å². The number of hydrogen-bond acceptors (Lipinski definition) is 4. The Kier molecular flexibility index (Phi) is 4.25. The minimum atomic E-state index is -0.176. The average Bonchev–Trinajstić information content (AvgIpc) is 2.96. The zero-order chi connectivity index (χ0) is 18.2. The summed E-state index contributed by atoms with van der Waals surface area (Å²) < 4.78 is 5.48. The van der Waals surface area contributed by atoms with Gasteiger partial charge in [0, 0.05) is 11.6 Å². The van der Waals surface area contributed by atoms with Crippen molar-refractivity contribution in [2.45, 2.75) is 40.0 Å². The van der Waals surface area contributed by atoms with Crippen LogP contribution in [0.2, 0.25) is 0 Å². The van der Waals surface area contributed by atoms with Gasteiger partial charge in [0.25, 0.3) is 0 Å². The van der Waals surface area contributed by atoms with Gasteiger partial charge in [-0.25, -0.2) is 0 Å². The van der Waals surface area contributed by atoms with E-state index in [1.165, 1.54) is 4.80 Å². The maximum absolute atomic E-state index is 10.8. The number of phenols is 1. The highest BCUT2D eigenvalue weighted by Crippen LogP contribution is 2.36. The van der Waals surface area contributed by atoms with E-state index in [1.807, 2.05) is 50.3 Å². The van der Waals surface area contributed by atoms with Gasteiger partial charge in [-0.1, -0.05) is 32.9 Å². The molecule has 0 aliphatic carbocycles. The lowest BCUT2D eigenvalue weighted by molar-refractivity contribution is 0.440. The van der Waals surface area contributed by atoms with E-state index in [0.29, 0.717) is 17.0 Å². The van der Waals surface area contributed by atoms with Gasteiger partial charge in [0.15, 0.2) is 0 Å². The number of benzene rings is 2. The monoisotopic (exact) mass is 337 g/mol. The molecule has 0 bridgehead atoms. The van der Waals surface area contributed by atoms with E-state index < -0.39 is 0 Å². The van der Waals surface area contributed by atoms with Crippen LogP contribution in [0.5, 0.6) is 11.5 Å². The molecule has 1 aromatic heterocycles. The summed E-state index contributed by atoms with van der Waals surface area (Å²) in [5.41, 5.74) is 3.78. The van der Waals surface area contributed by atoms with E-state index in [0.717, 1.165) is 16.6 Å². The van der Waals surface area contributed by atoms with Gasteiger partial charge >= 0.3 is 0 Å². The summed E-state index contributed by atoms with van der Waals surface area (Å²) in [5, 5.41) is 19.8. The summed E-state index contributed by atoms with van der Waals surface area (Å²) in [5.74, 6) is 0.908. The highest BCUT2D eigenvalue weighted by atomic mass is 16.5. The first kappa shape index (κ1) is 17.0. The number of aryl methyl sites for hydroxylation is 1. The number of rotatable bonds is 3. The second-order valence-electron chi connectivity index (χ2n) is 7.16. The fourth-order valence-corrected chi connectivity index (χ4v) is 2.71. The number of nitrogens with zero attached hydrogens (tertiary/aromatic N) is 3. The smallest absolute Gasteiger partial charge is 0.146 e. The molecule has 0 fully saturated rings. The van der Waals surface area contributed by atoms with Crippen molar-refractivity contribution in [3.05, 3.63) is 53.8 Å². The molecule has 0 aliphatic rings. The molecule has 0 aliphatic heterocycles. The molecule has 0 saturated heterocycles. The molecule has 5 nitrogen and oxygen atoms in total. The Morgan fingerprint density at radius 1 is 1.08 bits per heavy atom. The summed E-state index contributed by atoms with van der Waals surface area (Å²) in [4.78, 5) is 1.49. The largest absolute Gasteiger partial charge is 0.505 e. The van der Waals surface area contributed by atoms with Crippen LogP contribution in [-0.4, -0.2) is 20.1 Å². The lowest BCUT2D eigenvalue weighted by Crippen LogP contribution is -2.13.